The predicted molar refractivity (Wildman–Crippen MR) is 165 cm³/mol. The van der Waals surface area contributed by atoms with Crippen LogP contribution in [0.3, 0.4) is 0 Å². The van der Waals surface area contributed by atoms with Crippen molar-refractivity contribution in [3.05, 3.63) is 127 Å². The van der Waals surface area contributed by atoms with Crippen LogP contribution in [0, 0.1) is 0 Å². The Bertz CT molecular complexity index is 1410. The molecule has 4 nitrogen and oxygen atoms in total. The van der Waals surface area contributed by atoms with E-state index in [4.69, 9.17) is 9.72 Å². The third-order valence-corrected chi connectivity index (χ3v) is 8.19. The van der Waals surface area contributed by atoms with Crippen molar-refractivity contribution in [2.75, 3.05) is 19.6 Å². The topological polar surface area (TPSA) is 45.6 Å². The number of ether oxygens (including phenoxy) is 1. The van der Waals surface area contributed by atoms with E-state index < -0.39 is 11.5 Å². The van der Waals surface area contributed by atoms with E-state index in [9.17, 15) is 5.11 Å². The summed E-state index contributed by atoms with van der Waals surface area (Å²) in [5, 5.41) is 13.9. The first-order valence-electron chi connectivity index (χ1n) is 14.5. The van der Waals surface area contributed by atoms with Gasteiger partial charge in [0.05, 0.1) is 11.8 Å². The number of unbranched alkanes of at least 4 members (excludes halogenated alkanes) is 1. The van der Waals surface area contributed by atoms with Crippen LogP contribution in [0.2, 0.25) is 0 Å². The molecule has 4 heteroatoms. The van der Waals surface area contributed by atoms with Gasteiger partial charge in [-0.15, -0.1) is 0 Å². The molecule has 1 N–H and O–H groups in total. The summed E-state index contributed by atoms with van der Waals surface area (Å²) in [6, 6.07) is 28.5. The summed E-state index contributed by atoms with van der Waals surface area (Å²) in [5.74, 6) is 0.0516. The molecule has 1 aromatic heterocycles. The summed E-state index contributed by atoms with van der Waals surface area (Å²) in [6.07, 6.45) is 9.74. The van der Waals surface area contributed by atoms with Gasteiger partial charge in [0.1, 0.15) is 5.60 Å². The van der Waals surface area contributed by atoms with Gasteiger partial charge in [-0.2, -0.15) is 0 Å². The van der Waals surface area contributed by atoms with Crippen molar-refractivity contribution in [3.8, 4) is 5.88 Å². The molecule has 0 saturated carbocycles. The van der Waals surface area contributed by atoms with Crippen LogP contribution >= 0.6 is 0 Å². The van der Waals surface area contributed by atoms with Crippen LogP contribution < -0.4 is 4.74 Å². The van der Waals surface area contributed by atoms with Crippen molar-refractivity contribution in [2.24, 2.45) is 0 Å². The van der Waals surface area contributed by atoms with Crippen LogP contribution in [0.25, 0.3) is 17.0 Å². The number of hydrogen-bond acceptors (Lipinski definition) is 4. The van der Waals surface area contributed by atoms with Crippen LogP contribution in [0.15, 0.2) is 104 Å². The zero-order valence-corrected chi connectivity index (χ0v) is 23.3. The lowest BCUT2D eigenvalue weighted by molar-refractivity contribution is 0.00655. The molecule has 2 atom stereocenters. The number of fused-ring (bicyclic) bond motifs is 1. The van der Waals surface area contributed by atoms with E-state index in [1.54, 1.807) is 0 Å². The van der Waals surface area contributed by atoms with Gasteiger partial charge in [0.25, 0.3) is 0 Å². The van der Waals surface area contributed by atoms with Gasteiger partial charge in [0, 0.05) is 16.9 Å². The highest BCUT2D eigenvalue weighted by atomic mass is 16.5. The quantitative estimate of drug-likeness (QED) is 0.148. The van der Waals surface area contributed by atoms with E-state index in [0.29, 0.717) is 12.3 Å². The largest absolute Gasteiger partial charge is 0.447 e. The monoisotopic (exact) mass is 532 g/mol. The normalized spacial score (nSPS) is 16.2. The van der Waals surface area contributed by atoms with E-state index in [1.165, 1.54) is 38.6 Å². The van der Waals surface area contributed by atoms with Crippen molar-refractivity contribution in [1.82, 2.24) is 9.88 Å². The summed E-state index contributed by atoms with van der Waals surface area (Å²) < 4.78 is 5.96. The molecular weight excluding hydrogens is 492 g/mol. The summed E-state index contributed by atoms with van der Waals surface area (Å²) >= 11 is 0. The molecule has 0 radical (unpaired) electrons. The second kappa shape index (κ2) is 13.1. The van der Waals surface area contributed by atoms with Gasteiger partial charge in [-0.05, 0) is 86.6 Å². The Balaban J connectivity index is 1.61. The van der Waals surface area contributed by atoms with E-state index >= 15 is 0 Å². The molecule has 1 aliphatic rings. The molecule has 40 heavy (non-hydrogen) atoms. The number of benzene rings is 3. The molecule has 2 unspecified atom stereocenters. The Morgan fingerprint density at radius 3 is 2.33 bits per heavy atom. The highest BCUT2D eigenvalue weighted by Crippen LogP contribution is 2.48. The maximum Gasteiger partial charge on any atom is 0.222 e. The lowest BCUT2D eigenvalue weighted by Crippen LogP contribution is -2.35. The van der Waals surface area contributed by atoms with E-state index in [2.05, 4.69) is 42.3 Å². The zero-order valence-electron chi connectivity index (χ0n) is 23.3. The maximum atomic E-state index is 12.9. The van der Waals surface area contributed by atoms with Crippen molar-refractivity contribution >= 4 is 17.0 Å². The van der Waals surface area contributed by atoms with Crippen molar-refractivity contribution in [2.45, 2.75) is 50.0 Å². The first-order chi connectivity index (χ1) is 19.6. The zero-order chi connectivity index (χ0) is 27.8. The maximum absolute atomic E-state index is 12.9. The first kappa shape index (κ1) is 27.8. The van der Waals surface area contributed by atoms with Crippen molar-refractivity contribution < 1.29 is 9.84 Å². The SMILES string of the molecule is C=COc1nc2ccc(C=C)cc2cc1C(c1ccccc1)C(O)(CCCCN1CCCCC1)c1ccccc1. The Morgan fingerprint density at radius 1 is 0.900 bits per heavy atom. The van der Waals surface area contributed by atoms with E-state index in [-0.39, 0.29) is 0 Å². The number of piperidine rings is 1. The third-order valence-electron chi connectivity index (χ3n) is 8.19. The molecule has 0 aliphatic carbocycles. The summed E-state index contributed by atoms with van der Waals surface area (Å²) in [7, 11) is 0. The van der Waals surface area contributed by atoms with Crippen molar-refractivity contribution in [3.63, 3.8) is 0 Å². The number of pyridine rings is 1. The number of aliphatic hydroxyl groups is 1. The van der Waals surface area contributed by atoms with Crippen LogP contribution in [0.5, 0.6) is 5.88 Å². The van der Waals surface area contributed by atoms with Gasteiger partial charge in [0.15, 0.2) is 0 Å². The lowest BCUT2D eigenvalue weighted by Gasteiger charge is -2.38. The molecule has 5 rings (SSSR count). The van der Waals surface area contributed by atoms with Crippen LogP contribution in [0.4, 0.5) is 0 Å². The second-order valence-corrected chi connectivity index (χ2v) is 10.8. The minimum atomic E-state index is -1.19. The predicted octanol–water partition coefficient (Wildman–Crippen LogP) is 8.08. The number of rotatable bonds is 12. The van der Waals surface area contributed by atoms with Gasteiger partial charge in [-0.25, -0.2) is 4.98 Å². The van der Waals surface area contributed by atoms with Gasteiger partial charge in [-0.1, -0.05) is 92.4 Å². The number of likely N-dealkylation sites (tertiary alicyclic amines) is 1. The molecule has 3 aromatic carbocycles. The summed E-state index contributed by atoms with van der Waals surface area (Å²) in [4.78, 5) is 7.48. The minimum absolute atomic E-state index is 0.412. The highest BCUT2D eigenvalue weighted by Gasteiger charge is 2.42. The molecule has 1 fully saturated rings. The lowest BCUT2D eigenvalue weighted by atomic mass is 9.71. The highest BCUT2D eigenvalue weighted by molar-refractivity contribution is 5.83. The molecule has 2 heterocycles. The van der Waals surface area contributed by atoms with Crippen LogP contribution in [0.1, 0.15) is 66.7 Å². The fourth-order valence-electron chi connectivity index (χ4n) is 6.15. The van der Waals surface area contributed by atoms with Gasteiger partial charge in [0.2, 0.25) is 5.88 Å². The molecule has 1 aliphatic heterocycles. The summed E-state index contributed by atoms with van der Waals surface area (Å²) in [6.45, 7) is 11.2. The average molecular weight is 533 g/mol. The fourth-order valence-corrected chi connectivity index (χ4v) is 6.15. The Labute approximate surface area is 238 Å². The summed E-state index contributed by atoms with van der Waals surface area (Å²) in [5.41, 5.74) is 3.40. The van der Waals surface area contributed by atoms with Crippen molar-refractivity contribution in [1.29, 1.82) is 0 Å². The Kier molecular flexibility index (Phi) is 9.10. The average Bonchev–Trinajstić information content (AvgIpc) is 3.01. The smallest absolute Gasteiger partial charge is 0.222 e. The Morgan fingerprint density at radius 2 is 1.62 bits per heavy atom. The molecular formula is C36H40N2O2. The van der Waals surface area contributed by atoms with Gasteiger partial charge < -0.3 is 14.7 Å². The number of hydrogen-bond donors (Lipinski definition) is 1. The van der Waals surface area contributed by atoms with E-state index in [1.807, 2.05) is 66.7 Å². The first-order valence-corrected chi connectivity index (χ1v) is 14.5. The standard InChI is InChI=1S/C36H40N2O2/c1-3-28-20-21-33-30(26-28)27-32(35(37-33)40-4-2)34(29-16-8-5-9-17-29)36(39,31-18-10-6-11-19-31)22-12-15-25-38-23-13-7-14-24-38/h3-6,8-11,16-21,26-27,34,39H,1-2,7,12-15,22-25H2. The number of aromatic nitrogens is 1. The Hall–Kier alpha value is -3.73. The van der Waals surface area contributed by atoms with E-state index in [0.717, 1.165) is 52.5 Å². The third kappa shape index (κ3) is 6.19. The minimum Gasteiger partial charge on any atom is -0.447 e. The second-order valence-electron chi connectivity index (χ2n) is 10.8. The molecule has 1 saturated heterocycles. The van der Waals surface area contributed by atoms with Gasteiger partial charge >= 0.3 is 0 Å². The molecule has 0 spiro atoms. The molecule has 0 amide bonds. The van der Waals surface area contributed by atoms with Crippen LogP contribution in [-0.4, -0.2) is 34.6 Å². The molecule has 4 aromatic rings. The van der Waals surface area contributed by atoms with Gasteiger partial charge in [-0.3, -0.25) is 0 Å². The molecule has 206 valence electrons. The fraction of sp³-hybridized carbons (Fsp3) is 0.306. The van der Waals surface area contributed by atoms with Crippen LogP contribution in [-0.2, 0) is 5.60 Å². The molecule has 0 bridgehead atoms. The number of nitrogens with zero attached hydrogens (tertiary/aromatic N) is 2.